The van der Waals surface area contributed by atoms with Gasteiger partial charge in [-0.2, -0.15) is 0 Å². The topological polar surface area (TPSA) is 3.24 Å². The van der Waals surface area contributed by atoms with Crippen molar-refractivity contribution in [3.8, 4) is 0 Å². The second kappa shape index (κ2) is 10.4. The Labute approximate surface area is 213 Å². The van der Waals surface area contributed by atoms with Crippen LogP contribution in [-0.2, 0) is 25.7 Å². The van der Waals surface area contributed by atoms with Crippen LogP contribution in [0.4, 0.5) is 5.69 Å². The molecule has 4 aliphatic rings. The second-order valence-corrected chi connectivity index (χ2v) is 10.2. The maximum absolute atomic E-state index is 6.53. The molecule has 0 N–H and O–H groups in total. The molecule has 0 aromatic heterocycles. The van der Waals surface area contributed by atoms with Gasteiger partial charge in [0, 0.05) is 34.6 Å². The van der Waals surface area contributed by atoms with Gasteiger partial charge >= 0.3 is 0 Å². The lowest BCUT2D eigenvalue weighted by Gasteiger charge is -2.31. The molecule has 0 fully saturated rings. The Bertz CT molecular complexity index is 1170. The normalized spacial score (nSPS) is 14.8. The highest BCUT2D eigenvalue weighted by atomic mass is 35.5. The molecule has 3 aromatic rings. The van der Waals surface area contributed by atoms with Crippen LogP contribution in [0.5, 0.6) is 0 Å². The highest BCUT2D eigenvalue weighted by Gasteiger charge is 2.26. The van der Waals surface area contributed by atoms with E-state index in [1.54, 1.807) is 6.07 Å². The van der Waals surface area contributed by atoms with Crippen molar-refractivity contribution in [2.45, 2.75) is 38.5 Å². The summed E-state index contributed by atoms with van der Waals surface area (Å²) >= 11 is 18.7. The maximum atomic E-state index is 6.53. The summed E-state index contributed by atoms with van der Waals surface area (Å²) in [5, 5.41) is 1.27. The molecule has 0 heterocycles. The second-order valence-electron chi connectivity index (χ2n) is 8.89. The zero-order chi connectivity index (χ0) is 23.5. The standard InChI is InChI=1S/C29H29Cl2NS/c1-4-25(26-16-15-24(30)18-27(26)31)19(2)29(33)32(3)28-17-22-10-9-20-5-7-21(8-6-20)11-13-23(28)14-12-22/h4-8,12,14-19,25H,1,9-11,13H2,2-3H3/t19-,25-/m1/s1. The predicted molar refractivity (Wildman–Crippen MR) is 147 cm³/mol. The van der Waals surface area contributed by atoms with Crippen LogP contribution in [0, 0.1) is 5.92 Å². The average molecular weight is 495 g/mol. The molecular formula is C29H29Cl2NS. The van der Waals surface area contributed by atoms with E-state index in [4.69, 9.17) is 35.4 Å². The molecule has 0 amide bonds. The Morgan fingerprint density at radius 3 is 2.15 bits per heavy atom. The summed E-state index contributed by atoms with van der Waals surface area (Å²) in [6, 6.07) is 21.6. The number of anilines is 1. The molecule has 0 aliphatic heterocycles. The average Bonchev–Trinajstić information content (AvgIpc) is 2.81. The van der Waals surface area contributed by atoms with Gasteiger partial charge in [0.15, 0.2) is 0 Å². The van der Waals surface area contributed by atoms with Crippen LogP contribution in [0.15, 0.2) is 73.3 Å². The third-order valence-corrected chi connectivity index (χ3v) is 7.96. The molecule has 0 spiro atoms. The van der Waals surface area contributed by atoms with E-state index in [1.165, 1.54) is 27.9 Å². The van der Waals surface area contributed by atoms with E-state index in [9.17, 15) is 0 Å². The van der Waals surface area contributed by atoms with Gasteiger partial charge in [0.25, 0.3) is 0 Å². The minimum atomic E-state index is -0.0000834. The zero-order valence-electron chi connectivity index (χ0n) is 19.2. The minimum absolute atomic E-state index is 0.0000834. The quantitative estimate of drug-likeness (QED) is 0.260. The molecule has 170 valence electrons. The van der Waals surface area contributed by atoms with E-state index in [1.807, 2.05) is 18.2 Å². The SMILES string of the molecule is C=C[C@@H](c1ccc(Cl)cc1Cl)[C@@H](C)C(=S)N(C)c1cc2ccc1CCc1ccc(cc1)CC2. The number of hydrogen-bond acceptors (Lipinski definition) is 1. The summed E-state index contributed by atoms with van der Waals surface area (Å²) in [6.45, 7) is 6.23. The molecule has 4 bridgehead atoms. The third kappa shape index (κ3) is 5.35. The molecule has 1 nitrogen and oxygen atoms in total. The highest BCUT2D eigenvalue weighted by molar-refractivity contribution is 7.80. The number of halogens is 2. The minimum Gasteiger partial charge on any atom is -0.339 e. The number of benzene rings is 3. The number of hydrogen-bond donors (Lipinski definition) is 0. The summed E-state index contributed by atoms with van der Waals surface area (Å²) in [6.07, 6.45) is 5.98. The van der Waals surface area contributed by atoms with Crippen molar-refractivity contribution in [3.05, 3.63) is 111 Å². The van der Waals surface area contributed by atoms with Crippen molar-refractivity contribution < 1.29 is 0 Å². The summed E-state index contributed by atoms with van der Waals surface area (Å²) < 4.78 is 0. The number of rotatable bonds is 5. The molecule has 2 atom stereocenters. The first-order valence-corrected chi connectivity index (χ1v) is 12.6. The zero-order valence-corrected chi connectivity index (χ0v) is 21.5. The van der Waals surface area contributed by atoms with E-state index in [0.717, 1.165) is 36.2 Å². The van der Waals surface area contributed by atoms with Gasteiger partial charge in [-0.1, -0.05) is 90.9 Å². The van der Waals surface area contributed by atoms with Crippen molar-refractivity contribution in [3.63, 3.8) is 0 Å². The van der Waals surface area contributed by atoms with Crippen molar-refractivity contribution in [1.29, 1.82) is 0 Å². The lowest BCUT2D eigenvalue weighted by Crippen LogP contribution is -2.33. The molecule has 4 heteroatoms. The Balaban J connectivity index is 1.63. The molecular weight excluding hydrogens is 465 g/mol. The number of allylic oxidation sites excluding steroid dienone is 1. The van der Waals surface area contributed by atoms with Crippen LogP contribution in [0.3, 0.4) is 0 Å². The molecule has 0 saturated carbocycles. The summed E-state index contributed by atoms with van der Waals surface area (Å²) in [5.41, 5.74) is 7.61. The van der Waals surface area contributed by atoms with E-state index in [-0.39, 0.29) is 11.8 Å². The van der Waals surface area contributed by atoms with Crippen molar-refractivity contribution in [2.75, 3.05) is 11.9 Å². The third-order valence-electron chi connectivity index (χ3n) is 6.75. The van der Waals surface area contributed by atoms with Gasteiger partial charge in [-0.3, -0.25) is 0 Å². The van der Waals surface area contributed by atoms with Gasteiger partial charge < -0.3 is 4.90 Å². The maximum Gasteiger partial charge on any atom is 0.0859 e. The van der Waals surface area contributed by atoms with E-state index >= 15 is 0 Å². The molecule has 4 aliphatic carbocycles. The fourth-order valence-corrected chi connectivity index (χ4v) is 5.46. The molecule has 3 aromatic carbocycles. The largest absolute Gasteiger partial charge is 0.339 e. The van der Waals surface area contributed by atoms with Crippen LogP contribution in [0.2, 0.25) is 10.0 Å². The summed E-state index contributed by atoms with van der Waals surface area (Å²) in [4.78, 5) is 3.06. The van der Waals surface area contributed by atoms with Gasteiger partial charge in [-0.15, -0.1) is 6.58 Å². The van der Waals surface area contributed by atoms with E-state index in [2.05, 4.69) is 67.9 Å². The fourth-order valence-electron chi connectivity index (χ4n) is 4.68. The van der Waals surface area contributed by atoms with Crippen molar-refractivity contribution >= 4 is 46.1 Å². The van der Waals surface area contributed by atoms with Gasteiger partial charge in [0.05, 0.1) is 4.99 Å². The van der Waals surface area contributed by atoms with E-state index in [0.29, 0.717) is 10.0 Å². The smallest absolute Gasteiger partial charge is 0.0859 e. The van der Waals surface area contributed by atoms with Crippen LogP contribution in [0.25, 0.3) is 0 Å². The van der Waals surface area contributed by atoms with Crippen LogP contribution in [0.1, 0.15) is 40.7 Å². The van der Waals surface area contributed by atoms with Gasteiger partial charge in [0.2, 0.25) is 0 Å². The van der Waals surface area contributed by atoms with E-state index < -0.39 is 0 Å². The highest BCUT2D eigenvalue weighted by Crippen LogP contribution is 2.36. The van der Waals surface area contributed by atoms with Crippen molar-refractivity contribution in [2.24, 2.45) is 5.92 Å². The first-order chi connectivity index (χ1) is 15.9. The summed E-state index contributed by atoms with van der Waals surface area (Å²) in [5.74, 6) is 0.0447. The lowest BCUT2D eigenvalue weighted by atomic mass is 9.86. The molecule has 33 heavy (non-hydrogen) atoms. The van der Waals surface area contributed by atoms with Gasteiger partial charge in [-0.05, 0) is 71.7 Å². The van der Waals surface area contributed by atoms with Gasteiger partial charge in [0.1, 0.15) is 0 Å². The first-order valence-electron chi connectivity index (χ1n) is 11.4. The Morgan fingerprint density at radius 1 is 0.909 bits per heavy atom. The molecule has 0 radical (unpaired) electrons. The monoisotopic (exact) mass is 493 g/mol. The van der Waals surface area contributed by atoms with Crippen LogP contribution in [-0.4, -0.2) is 12.0 Å². The van der Waals surface area contributed by atoms with Crippen LogP contribution >= 0.6 is 35.4 Å². The Hall–Kier alpha value is -2.13. The Kier molecular flexibility index (Phi) is 7.58. The molecule has 0 unspecified atom stereocenters. The van der Waals surface area contributed by atoms with Crippen LogP contribution < -0.4 is 4.90 Å². The van der Waals surface area contributed by atoms with Gasteiger partial charge in [-0.25, -0.2) is 0 Å². The van der Waals surface area contributed by atoms with Crippen molar-refractivity contribution in [1.82, 2.24) is 0 Å². The molecule has 0 saturated heterocycles. The number of nitrogens with zero attached hydrogens (tertiary/aromatic N) is 1. The lowest BCUT2D eigenvalue weighted by molar-refractivity contribution is 0.679. The number of thiocarbonyl (C=S) groups is 1. The summed E-state index contributed by atoms with van der Waals surface area (Å²) in [7, 11) is 2.09. The number of aryl methyl sites for hydroxylation is 4. The predicted octanol–water partition coefficient (Wildman–Crippen LogP) is 8.25. The fraction of sp³-hybridized carbons (Fsp3) is 0.276. The molecule has 7 rings (SSSR count). The first kappa shape index (κ1) is 24.0. The Morgan fingerprint density at radius 2 is 1.52 bits per heavy atom.